The predicted molar refractivity (Wildman–Crippen MR) is 117 cm³/mol. The van der Waals surface area contributed by atoms with Crippen LogP contribution in [0, 0.1) is 0 Å². The fraction of sp³-hybridized carbons (Fsp3) is 0.333. The van der Waals surface area contributed by atoms with Crippen LogP contribution in [0.15, 0.2) is 47.0 Å². The third kappa shape index (κ3) is 7.86. The molecule has 2 heterocycles. The first kappa shape index (κ1) is 24.2. The van der Waals surface area contributed by atoms with Crippen LogP contribution in [0.5, 0.6) is 5.75 Å². The molecule has 0 aliphatic carbocycles. The summed E-state index contributed by atoms with van der Waals surface area (Å²) in [6.45, 7) is 5.58. The van der Waals surface area contributed by atoms with Crippen molar-refractivity contribution in [1.82, 2.24) is 20.5 Å². The number of alkyl halides is 3. The van der Waals surface area contributed by atoms with E-state index in [-0.39, 0.29) is 18.2 Å². The zero-order valence-corrected chi connectivity index (χ0v) is 18.8. The van der Waals surface area contributed by atoms with Gasteiger partial charge in [-0.2, -0.15) is 0 Å². The number of ether oxygens (including phenoxy) is 2. The van der Waals surface area contributed by atoms with Gasteiger partial charge in [-0.25, -0.2) is 9.78 Å². The fourth-order valence-electron chi connectivity index (χ4n) is 2.60. The molecule has 3 aromatic rings. The van der Waals surface area contributed by atoms with Crippen molar-refractivity contribution in [1.29, 1.82) is 0 Å². The Balaban J connectivity index is 1.64. The number of hydrogen-bond acceptors (Lipinski definition) is 8. The van der Waals surface area contributed by atoms with Crippen LogP contribution in [0.3, 0.4) is 0 Å². The SMILES string of the molecule is CC(C)(C)OC(=O)NCCc1nnc(-c2cccnc2Nc2ccc(OC(F)(F)Cl)cc2)o1. The minimum atomic E-state index is -3.79. The molecule has 0 aliphatic rings. The summed E-state index contributed by atoms with van der Waals surface area (Å²) in [7, 11) is 0. The summed E-state index contributed by atoms with van der Waals surface area (Å²) in [4.78, 5) is 16.0. The van der Waals surface area contributed by atoms with Gasteiger partial charge in [0, 0.05) is 36.5 Å². The lowest BCUT2D eigenvalue weighted by molar-refractivity contribution is -0.0964. The predicted octanol–water partition coefficient (Wildman–Crippen LogP) is 5.11. The summed E-state index contributed by atoms with van der Waals surface area (Å²) in [5.41, 5.74) is -3.29. The number of aromatic nitrogens is 3. The van der Waals surface area contributed by atoms with Crippen molar-refractivity contribution >= 4 is 29.2 Å². The van der Waals surface area contributed by atoms with Gasteiger partial charge in [0.15, 0.2) is 0 Å². The highest BCUT2D eigenvalue weighted by Gasteiger charge is 2.27. The average molecular weight is 482 g/mol. The summed E-state index contributed by atoms with van der Waals surface area (Å²) in [6.07, 6.45) is 1.34. The van der Waals surface area contributed by atoms with E-state index in [1.807, 2.05) is 0 Å². The average Bonchev–Trinajstić information content (AvgIpc) is 3.16. The van der Waals surface area contributed by atoms with E-state index in [1.54, 1.807) is 39.1 Å². The number of carbonyl (C=O) groups is 1. The second-order valence-electron chi connectivity index (χ2n) is 7.78. The van der Waals surface area contributed by atoms with Gasteiger partial charge in [0.05, 0.1) is 5.56 Å². The highest BCUT2D eigenvalue weighted by molar-refractivity contribution is 6.20. The summed E-state index contributed by atoms with van der Waals surface area (Å²) in [5, 5.41) is 13.7. The molecular weight excluding hydrogens is 460 g/mol. The lowest BCUT2D eigenvalue weighted by atomic mass is 10.2. The highest BCUT2D eigenvalue weighted by Crippen LogP contribution is 2.30. The van der Waals surface area contributed by atoms with Crippen LogP contribution in [0.4, 0.5) is 25.1 Å². The molecular formula is C21H22ClF2N5O4. The summed E-state index contributed by atoms with van der Waals surface area (Å²) < 4.78 is 40.7. The van der Waals surface area contributed by atoms with E-state index in [4.69, 9.17) is 20.8 Å². The van der Waals surface area contributed by atoms with Crippen LogP contribution in [-0.4, -0.2) is 39.0 Å². The summed E-state index contributed by atoms with van der Waals surface area (Å²) >= 11 is 4.77. The molecule has 0 saturated heterocycles. The van der Waals surface area contributed by atoms with Gasteiger partial charge in [0.25, 0.3) is 5.89 Å². The molecule has 0 radical (unpaired) electrons. The van der Waals surface area contributed by atoms with Gasteiger partial charge >= 0.3 is 11.7 Å². The Labute approximate surface area is 193 Å². The van der Waals surface area contributed by atoms with Crippen LogP contribution in [-0.2, 0) is 11.2 Å². The normalized spacial score (nSPS) is 11.7. The first-order chi connectivity index (χ1) is 15.5. The van der Waals surface area contributed by atoms with Gasteiger partial charge in [-0.05, 0) is 57.2 Å². The molecule has 12 heteroatoms. The summed E-state index contributed by atoms with van der Waals surface area (Å²) in [5.74, 6) is 0.859. The zero-order valence-electron chi connectivity index (χ0n) is 18.1. The van der Waals surface area contributed by atoms with Gasteiger partial charge in [-0.1, -0.05) is 0 Å². The first-order valence-corrected chi connectivity index (χ1v) is 10.2. The lowest BCUT2D eigenvalue weighted by Crippen LogP contribution is -2.33. The Hall–Kier alpha value is -3.47. The molecule has 2 aromatic heterocycles. The molecule has 0 saturated carbocycles. The molecule has 33 heavy (non-hydrogen) atoms. The van der Waals surface area contributed by atoms with E-state index in [9.17, 15) is 13.6 Å². The van der Waals surface area contributed by atoms with E-state index in [0.717, 1.165) is 0 Å². The monoisotopic (exact) mass is 481 g/mol. The number of rotatable bonds is 8. The first-order valence-electron chi connectivity index (χ1n) is 9.86. The van der Waals surface area contributed by atoms with Crippen LogP contribution >= 0.6 is 11.6 Å². The Morgan fingerprint density at radius 2 is 1.88 bits per heavy atom. The number of nitrogens with one attached hydrogen (secondary N) is 2. The molecule has 0 aliphatic heterocycles. The number of pyridine rings is 1. The fourth-order valence-corrected chi connectivity index (χ4v) is 2.69. The molecule has 0 unspecified atom stereocenters. The van der Waals surface area contributed by atoms with E-state index >= 15 is 0 Å². The Bertz CT molecular complexity index is 1080. The third-order valence-electron chi connectivity index (χ3n) is 3.86. The van der Waals surface area contributed by atoms with Gasteiger partial charge < -0.3 is 24.5 Å². The van der Waals surface area contributed by atoms with E-state index in [1.165, 1.54) is 24.3 Å². The van der Waals surface area contributed by atoms with Gasteiger partial charge in [-0.15, -0.1) is 19.0 Å². The highest BCUT2D eigenvalue weighted by atomic mass is 35.5. The minimum Gasteiger partial charge on any atom is -0.444 e. The second-order valence-corrected chi connectivity index (χ2v) is 8.22. The van der Waals surface area contributed by atoms with E-state index < -0.39 is 17.3 Å². The molecule has 0 fully saturated rings. The van der Waals surface area contributed by atoms with Crippen LogP contribution < -0.4 is 15.4 Å². The minimum absolute atomic E-state index is 0.0941. The Kier molecular flexibility index (Phi) is 7.32. The van der Waals surface area contributed by atoms with Crippen molar-refractivity contribution in [2.24, 2.45) is 0 Å². The molecule has 0 spiro atoms. The molecule has 2 N–H and O–H groups in total. The van der Waals surface area contributed by atoms with Gasteiger partial charge in [0.1, 0.15) is 17.2 Å². The van der Waals surface area contributed by atoms with Crippen molar-refractivity contribution in [3.63, 3.8) is 0 Å². The van der Waals surface area contributed by atoms with E-state index in [0.29, 0.717) is 29.4 Å². The van der Waals surface area contributed by atoms with Crippen LogP contribution in [0.1, 0.15) is 26.7 Å². The molecule has 9 nitrogen and oxygen atoms in total. The molecule has 1 aromatic carbocycles. The topological polar surface area (TPSA) is 111 Å². The van der Waals surface area contributed by atoms with Crippen molar-refractivity contribution in [2.45, 2.75) is 38.4 Å². The largest absolute Gasteiger partial charge is 0.487 e. The van der Waals surface area contributed by atoms with E-state index in [2.05, 4.69) is 30.6 Å². The Morgan fingerprint density at radius 1 is 1.15 bits per heavy atom. The number of alkyl carbamates (subject to hydrolysis) is 1. The van der Waals surface area contributed by atoms with Crippen molar-refractivity contribution in [2.75, 3.05) is 11.9 Å². The van der Waals surface area contributed by atoms with Crippen molar-refractivity contribution in [3.8, 4) is 17.2 Å². The number of amides is 1. The number of hydrogen-bond donors (Lipinski definition) is 2. The standard InChI is InChI=1S/C21H22ClF2N5O4/c1-20(2,3)33-19(30)26-12-10-16-28-29-18(31-16)15-5-4-11-25-17(15)27-13-6-8-14(9-7-13)32-21(22,23)24/h4-9,11H,10,12H2,1-3H3,(H,25,27)(H,26,30). The van der Waals surface area contributed by atoms with Gasteiger partial charge in [-0.3, -0.25) is 0 Å². The quantitative estimate of drug-likeness (QED) is 0.427. The molecule has 1 amide bonds. The van der Waals surface area contributed by atoms with Crippen LogP contribution in [0.2, 0.25) is 0 Å². The number of carbonyl (C=O) groups excluding carboxylic acids is 1. The molecule has 176 valence electrons. The lowest BCUT2D eigenvalue weighted by Gasteiger charge is -2.19. The van der Waals surface area contributed by atoms with Crippen LogP contribution in [0.25, 0.3) is 11.5 Å². The maximum atomic E-state index is 12.7. The Morgan fingerprint density at radius 3 is 2.55 bits per heavy atom. The molecule has 3 rings (SSSR count). The van der Waals surface area contributed by atoms with Crippen molar-refractivity contribution < 1.29 is 27.5 Å². The maximum absolute atomic E-state index is 12.7. The zero-order chi connectivity index (χ0) is 24.1. The summed E-state index contributed by atoms with van der Waals surface area (Å²) in [6, 6.07) is 9.16. The number of halogens is 3. The molecule has 0 bridgehead atoms. The second kappa shape index (κ2) is 9.99. The molecule has 0 atom stereocenters. The van der Waals surface area contributed by atoms with Gasteiger partial charge in [0.2, 0.25) is 5.89 Å². The smallest absolute Gasteiger partial charge is 0.444 e. The van der Waals surface area contributed by atoms with Crippen molar-refractivity contribution in [3.05, 3.63) is 48.5 Å². The number of benzene rings is 1. The third-order valence-corrected chi connectivity index (χ3v) is 3.94. The maximum Gasteiger partial charge on any atom is 0.487 e. The number of nitrogens with zero attached hydrogens (tertiary/aromatic N) is 3. The number of anilines is 2.